The van der Waals surface area contributed by atoms with Gasteiger partial charge in [0.1, 0.15) is 12.5 Å². The second-order valence-corrected chi connectivity index (χ2v) is 5.95. The van der Waals surface area contributed by atoms with Gasteiger partial charge in [0, 0.05) is 19.1 Å². The van der Waals surface area contributed by atoms with E-state index >= 15 is 0 Å². The highest BCUT2D eigenvalue weighted by molar-refractivity contribution is 6.30. The lowest BCUT2D eigenvalue weighted by Crippen LogP contribution is -2.51. The molecule has 18 heavy (non-hydrogen) atoms. The molecule has 1 aliphatic rings. The lowest BCUT2D eigenvalue weighted by atomic mass is 9.93. The molecule has 5 N–H and O–H groups in total. The second kappa shape index (κ2) is 7.85. The molecule has 5 unspecified atom stereocenters. The number of nitrogens with two attached hydrogens (primary N) is 1. The maximum absolute atomic E-state index is 9.66. The summed E-state index contributed by atoms with van der Waals surface area (Å²) in [7, 11) is 1.68. The van der Waals surface area contributed by atoms with E-state index in [4.69, 9.17) is 28.9 Å². The molecule has 0 spiro atoms. The summed E-state index contributed by atoms with van der Waals surface area (Å²) >= 11 is 12.3. The number of nitrogens with one attached hydrogen (secondary N) is 1. The summed E-state index contributed by atoms with van der Waals surface area (Å²) in [5.74, 6) is 0. The molecule has 0 amide bonds. The Balaban J connectivity index is 2.58. The third-order valence-electron chi connectivity index (χ3n) is 3.34. The van der Waals surface area contributed by atoms with Crippen molar-refractivity contribution >= 4 is 23.2 Å². The Hall–Kier alpha value is 0.380. The van der Waals surface area contributed by atoms with Crippen molar-refractivity contribution in [3.8, 4) is 0 Å². The molecule has 5 atom stereocenters. The van der Waals surface area contributed by atoms with Crippen LogP contribution in [0.4, 0.5) is 0 Å². The van der Waals surface area contributed by atoms with E-state index in [2.05, 4.69) is 5.32 Å². The zero-order valence-electron chi connectivity index (χ0n) is 10.6. The van der Waals surface area contributed by atoms with Crippen LogP contribution in [0.5, 0.6) is 0 Å². The molecule has 108 valence electrons. The molecule has 1 aliphatic carbocycles. The van der Waals surface area contributed by atoms with Gasteiger partial charge in [0.2, 0.25) is 0 Å². The standard InChI is InChI=1S/C11H23Cl2N3O2/c1-15-11(18)6-16(5-10(14)17)7-2-3-8(12)9(13)4-7/h7-11,15,17-18H,2-6,14H2,1H3. The van der Waals surface area contributed by atoms with Crippen LogP contribution in [-0.2, 0) is 0 Å². The molecule has 0 aromatic carbocycles. The molecule has 0 aliphatic heterocycles. The summed E-state index contributed by atoms with van der Waals surface area (Å²) in [6.45, 7) is 0.728. The molecule has 1 rings (SSSR count). The Morgan fingerprint density at radius 2 is 1.94 bits per heavy atom. The highest BCUT2D eigenvalue weighted by Crippen LogP contribution is 2.30. The number of hydrogen-bond donors (Lipinski definition) is 4. The molecule has 0 saturated heterocycles. The maximum atomic E-state index is 9.66. The molecule has 0 aromatic heterocycles. The van der Waals surface area contributed by atoms with Gasteiger partial charge in [0.15, 0.2) is 0 Å². The number of aliphatic hydroxyl groups excluding tert-OH is 2. The van der Waals surface area contributed by atoms with Gasteiger partial charge in [-0.3, -0.25) is 10.2 Å². The molecule has 7 heteroatoms. The average molecular weight is 300 g/mol. The minimum atomic E-state index is -0.920. The molecule has 0 heterocycles. The topological polar surface area (TPSA) is 81.8 Å². The van der Waals surface area contributed by atoms with E-state index in [-0.39, 0.29) is 16.8 Å². The van der Waals surface area contributed by atoms with Gasteiger partial charge < -0.3 is 15.9 Å². The van der Waals surface area contributed by atoms with Gasteiger partial charge in [-0.2, -0.15) is 0 Å². The number of alkyl halides is 2. The van der Waals surface area contributed by atoms with Crippen molar-refractivity contribution in [3.63, 3.8) is 0 Å². The Morgan fingerprint density at radius 1 is 1.28 bits per heavy atom. The zero-order valence-corrected chi connectivity index (χ0v) is 12.1. The number of hydrogen-bond acceptors (Lipinski definition) is 5. The molecule has 0 aromatic rings. The van der Waals surface area contributed by atoms with Crippen LogP contribution in [0.25, 0.3) is 0 Å². The van der Waals surface area contributed by atoms with Gasteiger partial charge in [-0.05, 0) is 26.3 Å². The molecular formula is C11H23Cl2N3O2. The first-order valence-electron chi connectivity index (χ1n) is 6.25. The van der Waals surface area contributed by atoms with Crippen molar-refractivity contribution in [2.75, 3.05) is 20.1 Å². The van der Waals surface area contributed by atoms with Crippen LogP contribution >= 0.6 is 23.2 Å². The third kappa shape index (κ3) is 5.17. The molecule has 5 nitrogen and oxygen atoms in total. The van der Waals surface area contributed by atoms with Crippen LogP contribution in [0.1, 0.15) is 19.3 Å². The molecule has 1 fully saturated rings. The van der Waals surface area contributed by atoms with Crippen molar-refractivity contribution in [1.82, 2.24) is 10.2 Å². The predicted octanol–water partition coefficient (Wildman–Crippen LogP) is -0.129. The van der Waals surface area contributed by atoms with Gasteiger partial charge in [-0.1, -0.05) is 0 Å². The fourth-order valence-electron chi connectivity index (χ4n) is 2.32. The van der Waals surface area contributed by atoms with E-state index in [0.29, 0.717) is 13.1 Å². The zero-order chi connectivity index (χ0) is 13.7. The van der Waals surface area contributed by atoms with Crippen molar-refractivity contribution in [2.45, 2.75) is 48.5 Å². The van der Waals surface area contributed by atoms with Crippen LogP contribution in [0.15, 0.2) is 0 Å². The van der Waals surface area contributed by atoms with Crippen LogP contribution in [0, 0.1) is 0 Å². The Labute approximate surface area is 118 Å². The molecule has 0 bridgehead atoms. The van der Waals surface area contributed by atoms with E-state index < -0.39 is 12.5 Å². The van der Waals surface area contributed by atoms with Gasteiger partial charge in [-0.15, -0.1) is 23.2 Å². The van der Waals surface area contributed by atoms with Crippen LogP contribution in [0.2, 0.25) is 0 Å². The van der Waals surface area contributed by atoms with Crippen molar-refractivity contribution in [2.24, 2.45) is 5.73 Å². The number of halogens is 2. The fourth-order valence-corrected chi connectivity index (χ4v) is 2.88. The highest BCUT2D eigenvalue weighted by Gasteiger charge is 2.32. The molecular weight excluding hydrogens is 277 g/mol. The minimum Gasteiger partial charge on any atom is -0.377 e. The number of aliphatic hydroxyl groups is 2. The third-order valence-corrected chi connectivity index (χ3v) is 4.48. The fraction of sp³-hybridized carbons (Fsp3) is 1.00. The SMILES string of the molecule is CNC(O)CN(CC(N)O)C1CCC(Cl)C(Cl)C1. The van der Waals surface area contributed by atoms with E-state index in [1.54, 1.807) is 7.05 Å². The van der Waals surface area contributed by atoms with E-state index in [9.17, 15) is 10.2 Å². The first-order chi connectivity index (χ1) is 8.43. The van der Waals surface area contributed by atoms with Gasteiger partial charge in [0.25, 0.3) is 0 Å². The Kier molecular flexibility index (Phi) is 7.16. The van der Waals surface area contributed by atoms with E-state index in [0.717, 1.165) is 19.3 Å². The summed E-state index contributed by atoms with van der Waals surface area (Å²) in [6, 6.07) is 0.198. The molecule has 1 saturated carbocycles. The highest BCUT2D eigenvalue weighted by atomic mass is 35.5. The van der Waals surface area contributed by atoms with E-state index in [1.807, 2.05) is 4.90 Å². The Bertz CT molecular complexity index is 246. The minimum absolute atomic E-state index is 0.00166. The summed E-state index contributed by atoms with van der Waals surface area (Å²) in [5, 5.41) is 21.7. The van der Waals surface area contributed by atoms with Gasteiger partial charge in [-0.25, -0.2) is 0 Å². The molecule has 0 radical (unpaired) electrons. The quantitative estimate of drug-likeness (QED) is 0.406. The normalized spacial score (nSPS) is 32.5. The Morgan fingerprint density at radius 3 is 2.44 bits per heavy atom. The lowest BCUT2D eigenvalue weighted by Gasteiger charge is -2.39. The number of rotatable bonds is 6. The monoisotopic (exact) mass is 299 g/mol. The largest absolute Gasteiger partial charge is 0.377 e. The first-order valence-corrected chi connectivity index (χ1v) is 7.12. The van der Waals surface area contributed by atoms with Crippen molar-refractivity contribution in [3.05, 3.63) is 0 Å². The van der Waals surface area contributed by atoms with Crippen LogP contribution in [-0.4, -0.2) is 64.5 Å². The van der Waals surface area contributed by atoms with Crippen molar-refractivity contribution < 1.29 is 10.2 Å². The van der Waals surface area contributed by atoms with Gasteiger partial charge in [0.05, 0.1) is 10.8 Å². The first kappa shape index (κ1) is 16.4. The maximum Gasteiger partial charge on any atom is 0.117 e. The average Bonchev–Trinajstić information content (AvgIpc) is 2.31. The van der Waals surface area contributed by atoms with Crippen molar-refractivity contribution in [1.29, 1.82) is 0 Å². The summed E-state index contributed by atoms with van der Waals surface area (Å²) in [6.07, 6.45) is 0.926. The predicted molar refractivity (Wildman–Crippen MR) is 73.8 cm³/mol. The lowest BCUT2D eigenvalue weighted by molar-refractivity contribution is 0.0284. The second-order valence-electron chi connectivity index (χ2n) is 4.82. The van der Waals surface area contributed by atoms with Crippen LogP contribution < -0.4 is 11.1 Å². The van der Waals surface area contributed by atoms with Gasteiger partial charge >= 0.3 is 0 Å². The summed E-state index contributed by atoms with van der Waals surface area (Å²) < 4.78 is 0. The van der Waals surface area contributed by atoms with E-state index in [1.165, 1.54) is 0 Å². The van der Waals surface area contributed by atoms with Crippen LogP contribution in [0.3, 0.4) is 0 Å². The number of likely N-dealkylation sites (N-methyl/N-ethyl adjacent to an activating group) is 1. The number of nitrogens with zero attached hydrogens (tertiary/aromatic N) is 1. The summed E-state index contributed by atoms with van der Waals surface area (Å²) in [4.78, 5) is 1.98. The smallest absolute Gasteiger partial charge is 0.117 e. The summed E-state index contributed by atoms with van der Waals surface area (Å²) in [5.41, 5.74) is 5.43.